The zero-order valence-electron chi connectivity index (χ0n) is 9.08. The van der Waals surface area contributed by atoms with Gasteiger partial charge in [-0.1, -0.05) is 13.0 Å². The third-order valence-corrected chi connectivity index (χ3v) is 2.66. The van der Waals surface area contributed by atoms with Crippen LogP contribution in [-0.2, 0) is 0 Å². The molecule has 0 aromatic heterocycles. The van der Waals surface area contributed by atoms with E-state index < -0.39 is 0 Å². The van der Waals surface area contributed by atoms with Crippen molar-refractivity contribution in [3.63, 3.8) is 0 Å². The van der Waals surface area contributed by atoms with Gasteiger partial charge in [0.05, 0.1) is 6.07 Å². The quantitative estimate of drug-likeness (QED) is 0.683. The van der Waals surface area contributed by atoms with Crippen LogP contribution in [0.2, 0.25) is 0 Å². The minimum atomic E-state index is 0.441. The number of hydrogen-bond acceptors (Lipinski definition) is 3. The van der Waals surface area contributed by atoms with Gasteiger partial charge < -0.3 is 5.32 Å². The largest absolute Gasteiger partial charge is 0.314 e. The number of nitrogens with one attached hydrogen (secondary N) is 1. The fourth-order valence-corrected chi connectivity index (χ4v) is 1.82. The Morgan fingerprint density at radius 3 is 2.71 bits per heavy atom. The first-order valence-electron chi connectivity index (χ1n) is 5.31. The molecule has 3 nitrogen and oxygen atoms in total. The lowest BCUT2D eigenvalue weighted by atomic mass is 10.1. The van der Waals surface area contributed by atoms with Gasteiger partial charge in [-0.05, 0) is 13.3 Å². The van der Waals surface area contributed by atoms with Crippen LogP contribution in [0.3, 0.4) is 0 Å². The highest BCUT2D eigenvalue weighted by Gasteiger charge is 2.16. The monoisotopic (exact) mass is 193 g/mol. The molecule has 1 fully saturated rings. The summed E-state index contributed by atoms with van der Waals surface area (Å²) >= 11 is 0. The maximum absolute atomic E-state index is 8.73. The Bertz CT molecular complexity index is 233. The van der Waals surface area contributed by atoms with Gasteiger partial charge in [0.15, 0.2) is 0 Å². The van der Waals surface area contributed by atoms with Gasteiger partial charge in [-0.2, -0.15) is 5.26 Å². The molecule has 1 aliphatic rings. The van der Waals surface area contributed by atoms with Crippen molar-refractivity contribution >= 4 is 0 Å². The second-order valence-electron chi connectivity index (χ2n) is 3.72. The standard InChI is InChI=1S/C11H19N3/c1-3-11(8-10(2)9-12)14-6-4-13-5-7-14/h8,11,13H,3-7H2,1-2H3/b10-8+. The molecule has 1 rings (SSSR count). The number of nitriles is 1. The average molecular weight is 193 g/mol. The Morgan fingerprint density at radius 2 is 2.21 bits per heavy atom. The van der Waals surface area contributed by atoms with E-state index in [4.69, 9.17) is 5.26 Å². The molecule has 0 bridgehead atoms. The summed E-state index contributed by atoms with van der Waals surface area (Å²) < 4.78 is 0. The molecule has 1 atom stereocenters. The van der Waals surface area contributed by atoms with Crippen LogP contribution in [0.25, 0.3) is 0 Å². The molecule has 1 saturated heterocycles. The van der Waals surface area contributed by atoms with Crippen molar-refractivity contribution in [1.82, 2.24) is 10.2 Å². The van der Waals surface area contributed by atoms with E-state index in [9.17, 15) is 0 Å². The lowest BCUT2D eigenvalue weighted by Crippen LogP contribution is -2.47. The number of allylic oxidation sites excluding steroid dienone is 1. The van der Waals surface area contributed by atoms with E-state index in [1.807, 2.05) is 6.92 Å². The molecular weight excluding hydrogens is 174 g/mol. The molecular formula is C11H19N3. The molecule has 0 aromatic rings. The van der Waals surface area contributed by atoms with E-state index in [0.717, 1.165) is 38.2 Å². The van der Waals surface area contributed by atoms with Gasteiger partial charge in [-0.25, -0.2) is 0 Å². The highest BCUT2D eigenvalue weighted by molar-refractivity contribution is 5.19. The highest BCUT2D eigenvalue weighted by Crippen LogP contribution is 2.09. The lowest BCUT2D eigenvalue weighted by Gasteiger charge is -2.32. The fraction of sp³-hybridized carbons (Fsp3) is 0.727. The van der Waals surface area contributed by atoms with E-state index in [-0.39, 0.29) is 0 Å². The van der Waals surface area contributed by atoms with Gasteiger partial charge >= 0.3 is 0 Å². The van der Waals surface area contributed by atoms with Crippen LogP contribution >= 0.6 is 0 Å². The maximum atomic E-state index is 8.73. The van der Waals surface area contributed by atoms with Gasteiger partial charge in [0.1, 0.15) is 0 Å². The third kappa shape index (κ3) is 3.13. The Labute approximate surface area is 86.4 Å². The minimum Gasteiger partial charge on any atom is -0.314 e. The van der Waals surface area contributed by atoms with Crippen LogP contribution in [0.4, 0.5) is 0 Å². The predicted octanol–water partition coefficient (Wildman–Crippen LogP) is 1.14. The van der Waals surface area contributed by atoms with E-state index in [0.29, 0.717) is 6.04 Å². The Hall–Kier alpha value is -0.850. The molecule has 0 spiro atoms. The van der Waals surface area contributed by atoms with Crippen LogP contribution in [0.15, 0.2) is 11.6 Å². The normalized spacial score (nSPS) is 21.6. The summed E-state index contributed by atoms with van der Waals surface area (Å²) in [6.07, 6.45) is 3.17. The average Bonchev–Trinajstić information content (AvgIpc) is 2.26. The first-order chi connectivity index (χ1) is 6.77. The Kier molecular flexibility index (Phi) is 4.64. The van der Waals surface area contributed by atoms with Gasteiger partial charge in [-0.3, -0.25) is 4.90 Å². The van der Waals surface area contributed by atoms with Crippen molar-refractivity contribution in [2.24, 2.45) is 0 Å². The molecule has 1 unspecified atom stereocenters. The lowest BCUT2D eigenvalue weighted by molar-refractivity contribution is 0.198. The molecule has 78 valence electrons. The summed E-state index contributed by atoms with van der Waals surface area (Å²) in [6, 6.07) is 2.63. The second-order valence-corrected chi connectivity index (χ2v) is 3.72. The first-order valence-corrected chi connectivity index (χ1v) is 5.31. The van der Waals surface area contributed by atoms with Crippen molar-refractivity contribution in [3.8, 4) is 6.07 Å². The highest BCUT2D eigenvalue weighted by atomic mass is 15.2. The summed E-state index contributed by atoms with van der Waals surface area (Å²) in [5.74, 6) is 0. The van der Waals surface area contributed by atoms with Crippen molar-refractivity contribution in [2.45, 2.75) is 26.3 Å². The molecule has 0 aromatic carbocycles. The molecule has 0 amide bonds. The molecule has 1 N–H and O–H groups in total. The van der Waals surface area contributed by atoms with E-state index in [1.165, 1.54) is 0 Å². The zero-order chi connectivity index (χ0) is 10.4. The van der Waals surface area contributed by atoms with Gasteiger partial charge in [0, 0.05) is 37.8 Å². The van der Waals surface area contributed by atoms with Crippen molar-refractivity contribution in [3.05, 3.63) is 11.6 Å². The van der Waals surface area contributed by atoms with Gasteiger partial charge in [0.25, 0.3) is 0 Å². The van der Waals surface area contributed by atoms with Crippen molar-refractivity contribution < 1.29 is 0 Å². The van der Waals surface area contributed by atoms with E-state index in [2.05, 4.69) is 29.3 Å². The van der Waals surface area contributed by atoms with Crippen molar-refractivity contribution in [1.29, 1.82) is 5.26 Å². The van der Waals surface area contributed by atoms with E-state index in [1.54, 1.807) is 0 Å². The van der Waals surface area contributed by atoms with Crippen LogP contribution in [0, 0.1) is 11.3 Å². The summed E-state index contributed by atoms with van der Waals surface area (Å²) in [7, 11) is 0. The zero-order valence-corrected chi connectivity index (χ0v) is 9.08. The van der Waals surface area contributed by atoms with Gasteiger partial charge in [-0.15, -0.1) is 0 Å². The smallest absolute Gasteiger partial charge is 0.0941 e. The SMILES string of the molecule is CCC(/C=C(\C)C#N)N1CCNCC1. The van der Waals surface area contributed by atoms with Crippen LogP contribution in [0.1, 0.15) is 20.3 Å². The number of piperazine rings is 1. The third-order valence-electron chi connectivity index (χ3n) is 2.66. The molecule has 0 saturated carbocycles. The maximum Gasteiger partial charge on any atom is 0.0941 e. The Balaban J connectivity index is 2.56. The number of nitrogens with zero attached hydrogens (tertiary/aromatic N) is 2. The fourth-order valence-electron chi connectivity index (χ4n) is 1.82. The van der Waals surface area contributed by atoms with Crippen LogP contribution < -0.4 is 5.32 Å². The Morgan fingerprint density at radius 1 is 1.57 bits per heavy atom. The molecule has 1 heterocycles. The molecule has 1 aliphatic heterocycles. The molecule has 3 heteroatoms. The summed E-state index contributed by atoms with van der Waals surface area (Å²) in [5.41, 5.74) is 0.829. The van der Waals surface area contributed by atoms with Crippen molar-refractivity contribution in [2.75, 3.05) is 26.2 Å². The topological polar surface area (TPSA) is 39.1 Å². The van der Waals surface area contributed by atoms with Crippen LogP contribution in [-0.4, -0.2) is 37.1 Å². The minimum absolute atomic E-state index is 0.441. The molecule has 0 aliphatic carbocycles. The summed E-state index contributed by atoms with van der Waals surface area (Å²) in [4.78, 5) is 2.44. The number of hydrogen-bond donors (Lipinski definition) is 1. The van der Waals surface area contributed by atoms with E-state index >= 15 is 0 Å². The summed E-state index contributed by atoms with van der Waals surface area (Å²) in [5, 5.41) is 12.1. The predicted molar refractivity (Wildman–Crippen MR) is 57.9 cm³/mol. The second kappa shape index (κ2) is 5.79. The summed E-state index contributed by atoms with van der Waals surface area (Å²) in [6.45, 7) is 8.37. The first kappa shape index (κ1) is 11.2. The van der Waals surface area contributed by atoms with Gasteiger partial charge in [0.2, 0.25) is 0 Å². The molecule has 14 heavy (non-hydrogen) atoms. The van der Waals surface area contributed by atoms with Crippen LogP contribution in [0.5, 0.6) is 0 Å². The number of rotatable bonds is 3. The molecule has 0 radical (unpaired) electrons.